The predicted octanol–water partition coefficient (Wildman–Crippen LogP) is 5.81. The fourth-order valence-electron chi connectivity index (χ4n) is 3.55. The maximum atomic E-state index is 8.85. The molecule has 120 valence electrons. The predicted molar refractivity (Wildman–Crippen MR) is 93.3 cm³/mol. The zero-order valence-corrected chi connectivity index (χ0v) is 14.5. The Morgan fingerprint density at radius 1 is 1.24 bits per heavy atom. The summed E-state index contributed by atoms with van der Waals surface area (Å²) < 4.78 is 0. The van der Waals surface area contributed by atoms with E-state index in [1.54, 1.807) is 0 Å². The summed E-state index contributed by atoms with van der Waals surface area (Å²) in [5.41, 5.74) is 4.68. The van der Waals surface area contributed by atoms with Crippen LogP contribution in [0.25, 0.3) is 0 Å². The van der Waals surface area contributed by atoms with Crippen molar-refractivity contribution in [3.8, 4) is 0 Å². The molecule has 0 saturated heterocycles. The van der Waals surface area contributed by atoms with Gasteiger partial charge in [0.1, 0.15) is 0 Å². The summed E-state index contributed by atoms with van der Waals surface area (Å²) in [6.07, 6.45) is 12.7. The van der Waals surface area contributed by atoms with E-state index in [9.17, 15) is 0 Å². The molecule has 0 aliphatic heterocycles. The van der Waals surface area contributed by atoms with E-state index in [2.05, 4.69) is 40.3 Å². The van der Waals surface area contributed by atoms with Gasteiger partial charge in [-0.25, -0.2) is 0 Å². The van der Waals surface area contributed by atoms with E-state index < -0.39 is 0 Å². The summed E-state index contributed by atoms with van der Waals surface area (Å²) in [5.74, 6) is 0.686. The van der Waals surface area contributed by atoms with Crippen molar-refractivity contribution in [2.24, 2.45) is 11.3 Å². The van der Waals surface area contributed by atoms with E-state index in [-0.39, 0.29) is 6.61 Å². The Bertz CT molecular complexity index is 398. The highest BCUT2D eigenvalue weighted by Crippen LogP contribution is 2.45. The van der Waals surface area contributed by atoms with Crippen LogP contribution in [0, 0.1) is 11.3 Å². The first-order chi connectivity index (χ1) is 9.86. The SMILES string of the molecule is C=C1CCCC(C)(C)[C@@H]1CC/C(C)=C/CC/C(C)=C/CO. The molecule has 1 rings (SSSR count). The smallest absolute Gasteiger partial charge is 0.0614 e. The lowest BCUT2D eigenvalue weighted by Gasteiger charge is -2.40. The van der Waals surface area contributed by atoms with Crippen molar-refractivity contribution in [3.63, 3.8) is 0 Å². The molecule has 1 nitrogen and oxygen atoms in total. The third-order valence-electron chi connectivity index (χ3n) is 5.05. The summed E-state index contributed by atoms with van der Waals surface area (Å²) in [5, 5.41) is 8.85. The summed E-state index contributed by atoms with van der Waals surface area (Å²) >= 11 is 0. The fraction of sp³-hybridized carbons (Fsp3) is 0.700. The summed E-state index contributed by atoms with van der Waals surface area (Å²) in [6, 6.07) is 0. The van der Waals surface area contributed by atoms with Gasteiger partial charge in [-0.05, 0) is 70.1 Å². The van der Waals surface area contributed by atoms with Crippen molar-refractivity contribution < 1.29 is 5.11 Å². The van der Waals surface area contributed by atoms with E-state index in [1.165, 1.54) is 48.8 Å². The monoisotopic (exact) mass is 290 g/mol. The quantitative estimate of drug-likeness (QED) is 0.586. The van der Waals surface area contributed by atoms with Gasteiger partial charge in [-0.2, -0.15) is 0 Å². The summed E-state index contributed by atoms with van der Waals surface area (Å²) in [6.45, 7) is 13.6. The van der Waals surface area contributed by atoms with Gasteiger partial charge >= 0.3 is 0 Å². The van der Waals surface area contributed by atoms with Gasteiger partial charge in [0.15, 0.2) is 0 Å². The molecule has 0 aromatic carbocycles. The molecule has 21 heavy (non-hydrogen) atoms. The van der Waals surface area contributed by atoms with Crippen LogP contribution in [0.4, 0.5) is 0 Å². The first-order valence-electron chi connectivity index (χ1n) is 8.46. The summed E-state index contributed by atoms with van der Waals surface area (Å²) in [4.78, 5) is 0. The van der Waals surface area contributed by atoms with Crippen LogP contribution >= 0.6 is 0 Å². The topological polar surface area (TPSA) is 20.2 Å². The number of hydrogen-bond donors (Lipinski definition) is 1. The van der Waals surface area contributed by atoms with Crippen LogP contribution in [0.15, 0.2) is 35.5 Å². The molecular weight excluding hydrogens is 256 g/mol. The number of hydrogen-bond acceptors (Lipinski definition) is 1. The molecule has 1 N–H and O–H groups in total. The molecule has 0 heterocycles. The Labute approximate surface area is 131 Å². The van der Waals surface area contributed by atoms with Crippen LogP contribution in [0.5, 0.6) is 0 Å². The van der Waals surface area contributed by atoms with Crippen molar-refractivity contribution in [1.82, 2.24) is 0 Å². The van der Waals surface area contributed by atoms with E-state index in [4.69, 9.17) is 5.11 Å². The fourth-order valence-corrected chi connectivity index (χ4v) is 3.55. The minimum atomic E-state index is 0.160. The maximum absolute atomic E-state index is 8.85. The average molecular weight is 290 g/mol. The molecule has 1 atom stereocenters. The third kappa shape index (κ3) is 6.22. The zero-order chi connectivity index (χ0) is 15.9. The van der Waals surface area contributed by atoms with Crippen molar-refractivity contribution in [2.45, 2.75) is 72.6 Å². The lowest BCUT2D eigenvalue weighted by Crippen LogP contribution is -2.29. The first-order valence-corrected chi connectivity index (χ1v) is 8.46. The molecule has 1 fully saturated rings. The van der Waals surface area contributed by atoms with E-state index in [0.29, 0.717) is 11.3 Å². The van der Waals surface area contributed by atoms with E-state index >= 15 is 0 Å². The Hall–Kier alpha value is -0.820. The van der Waals surface area contributed by atoms with Crippen molar-refractivity contribution in [2.75, 3.05) is 6.61 Å². The second kappa shape index (κ2) is 8.58. The second-order valence-electron chi connectivity index (χ2n) is 7.41. The Balaban J connectivity index is 2.42. The molecule has 1 aliphatic carbocycles. The van der Waals surface area contributed by atoms with Crippen LogP contribution in [0.3, 0.4) is 0 Å². The van der Waals surface area contributed by atoms with Gasteiger partial charge in [0.05, 0.1) is 6.61 Å². The van der Waals surface area contributed by atoms with Crippen LogP contribution in [-0.2, 0) is 0 Å². The van der Waals surface area contributed by atoms with Crippen molar-refractivity contribution >= 4 is 0 Å². The molecule has 0 aromatic heterocycles. The molecular formula is C20H34O. The first kappa shape index (κ1) is 18.2. The number of aliphatic hydroxyl groups is 1. The number of aliphatic hydroxyl groups excluding tert-OH is 1. The molecule has 0 aromatic rings. The minimum absolute atomic E-state index is 0.160. The zero-order valence-electron chi connectivity index (χ0n) is 14.5. The average Bonchev–Trinajstić information content (AvgIpc) is 2.37. The van der Waals surface area contributed by atoms with Gasteiger partial charge < -0.3 is 5.11 Å². The molecule has 0 radical (unpaired) electrons. The molecule has 1 heteroatoms. The second-order valence-corrected chi connectivity index (χ2v) is 7.41. The van der Waals surface area contributed by atoms with Crippen LogP contribution in [-0.4, -0.2) is 11.7 Å². The lowest BCUT2D eigenvalue weighted by atomic mass is 9.65. The molecule has 0 spiro atoms. The van der Waals surface area contributed by atoms with E-state index in [0.717, 1.165) is 12.8 Å². The largest absolute Gasteiger partial charge is 0.392 e. The maximum Gasteiger partial charge on any atom is 0.0614 e. The van der Waals surface area contributed by atoms with Gasteiger partial charge in [-0.3, -0.25) is 0 Å². The highest BCUT2D eigenvalue weighted by atomic mass is 16.2. The normalized spacial score (nSPS) is 23.5. The molecule has 0 bridgehead atoms. The third-order valence-corrected chi connectivity index (χ3v) is 5.05. The Morgan fingerprint density at radius 3 is 2.52 bits per heavy atom. The number of allylic oxidation sites excluding steroid dienone is 4. The van der Waals surface area contributed by atoms with Crippen LogP contribution < -0.4 is 0 Å². The van der Waals surface area contributed by atoms with Crippen molar-refractivity contribution in [3.05, 3.63) is 35.5 Å². The van der Waals surface area contributed by atoms with E-state index in [1.807, 2.05) is 6.08 Å². The van der Waals surface area contributed by atoms with Crippen LogP contribution in [0.2, 0.25) is 0 Å². The molecule has 1 saturated carbocycles. The lowest BCUT2D eigenvalue weighted by molar-refractivity contribution is 0.180. The molecule has 0 amide bonds. The van der Waals surface area contributed by atoms with Gasteiger partial charge in [0, 0.05) is 0 Å². The summed E-state index contributed by atoms with van der Waals surface area (Å²) in [7, 11) is 0. The van der Waals surface area contributed by atoms with Crippen molar-refractivity contribution in [1.29, 1.82) is 0 Å². The minimum Gasteiger partial charge on any atom is -0.392 e. The highest BCUT2D eigenvalue weighted by molar-refractivity contribution is 5.11. The number of rotatable bonds is 7. The Morgan fingerprint density at radius 2 is 1.90 bits per heavy atom. The Kier molecular flexibility index (Phi) is 7.45. The highest BCUT2D eigenvalue weighted by Gasteiger charge is 2.33. The van der Waals surface area contributed by atoms with Gasteiger partial charge in [-0.15, -0.1) is 0 Å². The van der Waals surface area contributed by atoms with Crippen LogP contribution in [0.1, 0.15) is 72.6 Å². The molecule has 0 unspecified atom stereocenters. The van der Waals surface area contributed by atoms with Gasteiger partial charge in [-0.1, -0.05) is 49.3 Å². The van der Waals surface area contributed by atoms with Gasteiger partial charge in [0.2, 0.25) is 0 Å². The molecule has 1 aliphatic rings. The van der Waals surface area contributed by atoms with Gasteiger partial charge in [0.25, 0.3) is 0 Å². The standard InChI is InChI=1S/C20H34O/c1-16(8-6-9-17(2)13-15-21)11-12-19-18(3)10-7-14-20(19,4)5/h8,13,19,21H,3,6-7,9-12,14-15H2,1-2,4-5H3/b16-8+,17-13+/t19-/m1/s1.